The van der Waals surface area contributed by atoms with Gasteiger partial charge in [0.2, 0.25) is 0 Å². The molecule has 6 heteroatoms. The average Bonchev–Trinajstić information content (AvgIpc) is 2.45. The SMILES string of the molecule is [2H][C@]12N=C(C)S[C@@]1([2H])O[C@H](CO)[C@@H](O)[C@]2([2H])O. The number of thioether (sulfide) groups is 1. The molecule has 0 bridgehead atoms. The maximum Gasteiger partial charge on any atom is 0.134 e. The summed E-state index contributed by atoms with van der Waals surface area (Å²) >= 11 is 0.779. The summed E-state index contributed by atoms with van der Waals surface area (Å²) in [5, 5.41) is 29.0. The molecule has 0 unspecified atom stereocenters. The third-order valence-electron chi connectivity index (χ3n) is 2.02. The molecule has 0 aromatic heterocycles. The highest BCUT2D eigenvalue weighted by Crippen LogP contribution is 2.36. The van der Waals surface area contributed by atoms with Crippen LogP contribution in [0.2, 0.25) is 0 Å². The number of fused-ring (bicyclic) bond motifs is 1. The number of rotatable bonds is 1. The van der Waals surface area contributed by atoms with Crippen LogP contribution in [0, 0.1) is 0 Å². The zero-order valence-electron chi connectivity index (χ0n) is 10.5. The molecule has 0 amide bonds. The van der Waals surface area contributed by atoms with Crippen molar-refractivity contribution in [2.24, 2.45) is 4.99 Å². The second kappa shape index (κ2) is 3.79. The number of ether oxygens (including phenoxy) is 1. The van der Waals surface area contributed by atoms with Crippen LogP contribution < -0.4 is 0 Å². The van der Waals surface area contributed by atoms with E-state index in [0.29, 0.717) is 5.04 Å². The first kappa shape index (κ1) is 7.19. The van der Waals surface area contributed by atoms with E-state index in [0.717, 1.165) is 11.8 Å². The molecule has 2 aliphatic rings. The molecule has 1 saturated heterocycles. The normalized spacial score (nSPS) is 66.3. The Morgan fingerprint density at radius 1 is 1.64 bits per heavy atom. The van der Waals surface area contributed by atoms with Gasteiger partial charge in [-0.25, -0.2) is 0 Å². The number of hydrogen-bond donors (Lipinski definition) is 3. The molecule has 2 rings (SSSR count). The standard InChI is InChI=1S/C8H13NO4S/c1-3-9-5-7(12)6(11)4(2-10)13-8(5)14-3/h4-8,10-12H,2H2,1H3/t4-,5-,6-,7-,8-/m1/s1/i5D,7D,8D. The van der Waals surface area contributed by atoms with E-state index in [4.69, 9.17) is 14.0 Å². The molecule has 2 heterocycles. The van der Waals surface area contributed by atoms with Crippen molar-refractivity contribution in [3.05, 3.63) is 0 Å². The van der Waals surface area contributed by atoms with Gasteiger partial charge in [0.25, 0.3) is 0 Å². The van der Waals surface area contributed by atoms with E-state index in [1.165, 1.54) is 6.92 Å². The van der Waals surface area contributed by atoms with Gasteiger partial charge in [0.15, 0.2) is 0 Å². The van der Waals surface area contributed by atoms with Gasteiger partial charge in [-0.15, -0.1) is 0 Å². The first-order valence-corrected chi connectivity index (χ1v) is 4.94. The van der Waals surface area contributed by atoms with E-state index in [1.807, 2.05) is 0 Å². The Labute approximate surface area is 90.0 Å². The smallest absolute Gasteiger partial charge is 0.134 e. The number of aliphatic hydroxyl groups is 3. The third-order valence-corrected chi connectivity index (χ3v) is 2.88. The van der Waals surface area contributed by atoms with Crippen LogP contribution in [-0.4, -0.2) is 56.7 Å². The summed E-state index contributed by atoms with van der Waals surface area (Å²) in [6.07, 6.45) is -5.81. The molecule has 0 saturated carbocycles. The molecule has 0 radical (unpaired) electrons. The summed E-state index contributed by atoms with van der Waals surface area (Å²) in [5.74, 6) is 0. The summed E-state index contributed by atoms with van der Waals surface area (Å²) in [5.41, 5.74) is -2.04. The molecule has 5 nitrogen and oxygen atoms in total. The Hall–Kier alpha value is -0.140. The lowest BCUT2D eigenvalue weighted by Crippen LogP contribution is -2.55. The Balaban J connectivity index is 2.50. The van der Waals surface area contributed by atoms with Crippen LogP contribution in [0.1, 0.15) is 11.0 Å². The van der Waals surface area contributed by atoms with Crippen LogP contribution in [0.5, 0.6) is 0 Å². The van der Waals surface area contributed by atoms with Crippen LogP contribution in [0.3, 0.4) is 0 Å². The zero-order chi connectivity index (χ0) is 13.1. The van der Waals surface area contributed by atoms with Gasteiger partial charge >= 0.3 is 0 Å². The molecule has 1 fully saturated rings. The Bertz CT molecular complexity index is 382. The number of hydrogen-bond acceptors (Lipinski definition) is 6. The van der Waals surface area contributed by atoms with Crippen molar-refractivity contribution < 1.29 is 24.2 Å². The van der Waals surface area contributed by atoms with Gasteiger partial charge in [0.1, 0.15) is 29.7 Å². The minimum atomic E-state index is -2.72. The van der Waals surface area contributed by atoms with E-state index in [1.54, 1.807) is 0 Å². The van der Waals surface area contributed by atoms with Crippen LogP contribution in [0.25, 0.3) is 0 Å². The van der Waals surface area contributed by atoms with Crippen LogP contribution in [0.4, 0.5) is 0 Å². The molecule has 0 spiro atoms. The third kappa shape index (κ3) is 1.57. The van der Waals surface area contributed by atoms with Crippen molar-refractivity contribution in [2.45, 2.75) is 36.6 Å². The molecule has 2 aliphatic heterocycles. The van der Waals surface area contributed by atoms with Crippen molar-refractivity contribution in [3.63, 3.8) is 0 Å². The molecular weight excluding hydrogens is 206 g/mol. The zero-order valence-corrected chi connectivity index (χ0v) is 8.28. The highest BCUT2D eigenvalue weighted by Gasteiger charge is 2.47. The monoisotopic (exact) mass is 222 g/mol. The van der Waals surface area contributed by atoms with E-state index in [-0.39, 0.29) is 0 Å². The largest absolute Gasteiger partial charge is 0.394 e. The van der Waals surface area contributed by atoms with E-state index in [2.05, 4.69) is 4.99 Å². The fraction of sp³-hybridized carbons (Fsp3) is 0.875. The molecule has 80 valence electrons. The maximum absolute atomic E-state index is 9.95. The van der Waals surface area contributed by atoms with Gasteiger partial charge in [-0.2, -0.15) is 0 Å². The van der Waals surface area contributed by atoms with E-state index in [9.17, 15) is 10.2 Å². The van der Waals surface area contributed by atoms with E-state index < -0.39 is 36.3 Å². The van der Waals surface area contributed by atoms with Gasteiger partial charge in [-0.3, -0.25) is 4.99 Å². The second-order valence-electron chi connectivity index (χ2n) is 3.04. The molecule has 3 N–H and O–H groups in total. The van der Waals surface area contributed by atoms with Crippen molar-refractivity contribution in [1.29, 1.82) is 0 Å². The van der Waals surface area contributed by atoms with Crippen LogP contribution in [-0.2, 0) is 4.74 Å². The number of aliphatic hydroxyl groups excluding tert-OH is 2. The van der Waals surface area contributed by atoms with Crippen molar-refractivity contribution >= 4 is 16.8 Å². The predicted octanol–water partition coefficient (Wildman–Crippen LogP) is -1.04. The highest BCUT2D eigenvalue weighted by molar-refractivity contribution is 8.14. The number of nitrogens with zero attached hydrogens (tertiary/aromatic N) is 1. The molecule has 14 heavy (non-hydrogen) atoms. The first-order valence-electron chi connectivity index (χ1n) is 5.62. The van der Waals surface area contributed by atoms with Crippen LogP contribution in [0.15, 0.2) is 4.99 Å². The van der Waals surface area contributed by atoms with Gasteiger partial charge in [0.05, 0.1) is 15.8 Å². The first-order chi connectivity index (χ1) is 7.68. The lowest BCUT2D eigenvalue weighted by atomic mass is 9.99. The summed E-state index contributed by atoms with van der Waals surface area (Å²) in [6.45, 7) is 0.869. The topological polar surface area (TPSA) is 82.3 Å². The second-order valence-corrected chi connectivity index (χ2v) is 4.20. The molecule has 5 atom stereocenters. The van der Waals surface area contributed by atoms with E-state index >= 15 is 0 Å². The lowest BCUT2D eigenvalue weighted by molar-refractivity contribution is -0.164. The predicted molar refractivity (Wildman–Crippen MR) is 52.2 cm³/mol. The average molecular weight is 222 g/mol. The van der Waals surface area contributed by atoms with Crippen molar-refractivity contribution in [2.75, 3.05) is 6.61 Å². The Morgan fingerprint density at radius 2 is 2.36 bits per heavy atom. The summed E-state index contributed by atoms with van der Waals surface area (Å²) in [7, 11) is 0. The molecular formula is C8H13NO4S. The minimum absolute atomic E-state index is 0.312. The summed E-state index contributed by atoms with van der Waals surface area (Å²) in [6, 6.07) is -2.35. The molecule has 0 aromatic carbocycles. The van der Waals surface area contributed by atoms with Gasteiger partial charge < -0.3 is 20.1 Å². The fourth-order valence-electron chi connectivity index (χ4n) is 1.31. The maximum atomic E-state index is 9.95. The van der Waals surface area contributed by atoms with Gasteiger partial charge in [0, 0.05) is 0 Å². The minimum Gasteiger partial charge on any atom is -0.394 e. The Morgan fingerprint density at radius 3 is 3.00 bits per heavy atom. The lowest BCUT2D eigenvalue weighted by Gasteiger charge is -2.37. The Kier molecular flexibility index (Phi) is 1.94. The summed E-state index contributed by atoms with van der Waals surface area (Å²) < 4.78 is 28.8. The quantitative estimate of drug-likeness (QED) is 0.528. The van der Waals surface area contributed by atoms with Crippen LogP contribution >= 0.6 is 11.8 Å². The van der Waals surface area contributed by atoms with Gasteiger partial charge in [-0.1, -0.05) is 11.8 Å². The number of aliphatic imine (C=N–C) groups is 1. The molecule has 0 aromatic rings. The van der Waals surface area contributed by atoms with Gasteiger partial charge in [-0.05, 0) is 6.92 Å². The highest BCUT2D eigenvalue weighted by atomic mass is 32.2. The fourth-order valence-corrected chi connectivity index (χ4v) is 2.13. The summed E-state index contributed by atoms with van der Waals surface area (Å²) in [4.78, 5) is 3.74. The van der Waals surface area contributed by atoms with Crippen molar-refractivity contribution in [3.8, 4) is 0 Å². The van der Waals surface area contributed by atoms with Crippen molar-refractivity contribution in [1.82, 2.24) is 0 Å². The molecule has 0 aliphatic carbocycles.